The van der Waals surface area contributed by atoms with Gasteiger partial charge in [-0.15, -0.1) is 0 Å². The summed E-state index contributed by atoms with van der Waals surface area (Å²) in [5.74, 6) is 1.43. The summed E-state index contributed by atoms with van der Waals surface area (Å²) in [6.07, 6.45) is 8.47. The zero-order valence-corrected chi connectivity index (χ0v) is 15.7. The molecule has 6 heteroatoms. The van der Waals surface area contributed by atoms with E-state index in [1.54, 1.807) is 12.4 Å². The lowest BCUT2D eigenvalue weighted by molar-refractivity contribution is 0.230. The number of nitrogens with zero attached hydrogens (tertiary/aromatic N) is 5. The lowest BCUT2D eigenvalue weighted by atomic mass is 10.1. The van der Waals surface area contributed by atoms with Crippen molar-refractivity contribution in [2.45, 2.75) is 39.5 Å². The lowest BCUT2D eigenvalue weighted by Crippen LogP contribution is -2.31. The summed E-state index contributed by atoms with van der Waals surface area (Å²) in [7, 11) is 0. The fraction of sp³-hybridized carbons (Fsp3) is 0.333. The second-order valence-electron chi connectivity index (χ2n) is 7.04. The van der Waals surface area contributed by atoms with Crippen molar-refractivity contribution in [1.29, 1.82) is 0 Å². The largest absolute Gasteiger partial charge is 0.475 e. The van der Waals surface area contributed by atoms with Crippen LogP contribution in [0.1, 0.15) is 30.7 Å². The maximum Gasteiger partial charge on any atom is 0.213 e. The Morgan fingerprint density at radius 3 is 2.78 bits per heavy atom. The fourth-order valence-electron chi connectivity index (χ4n) is 3.22. The van der Waals surface area contributed by atoms with E-state index in [0.717, 1.165) is 43.1 Å². The summed E-state index contributed by atoms with van der Waals surface area (Å²) >= 11 is 0. The third-order valence-electron chi connectivity index (χ3n) is 4.49. The first-order valence-electron chi connectivity index (χ1n) is 9.26. The number of pyridine rings is 2. The molecule has 27 heavy (non-hydrogen) atoms. The minimum absolute atomic E-state index is 0.138. The predicted octanol–water partition coefficient (Wildman–Crippen LogP) is 3.28. The molecule has 138 valence electrons. The Hall–Kier alpha value is -2.86. The van der Waals surface area contributed by atoms with E-state index in [-0.39, 0.29) is 6.10 Å². The molecule has 1 aliphatic heterocycles. The molecule has 0 N–H and O–H groups in total. The molecule has 4 heterocycles. The maximum absolute atomic E-state index is 5.61. The molecule has 0 amide bonds. The topological polar surface area (TPSA) is 64.0 Å². The molecule has 0 saturated heterocycles. The average Bonchev–Trinajstić information content (AvgIpc) is 2.69. The molecule has 0 radical (unpaired) electrons. The summed E-state index contributed by atoms with van der Waals surface area (Å²) in [5, 5.41) is 0. The maximum atomic E-state index is 5.61. The highest BCUT2D eigenvalue weighted by molar-refractivity contribution is 5.53. The van der Waals surface area contributed by atoms with Crippen LogP contribution in [-0.4, -0.2) is 37.5 Å². The first-order valence-corrected chi connectivity index (χ1v) is 9.26. The van der Waals surface area contributed by atoms with Gasteiger partial charge in [0.1, 0.15) is 0 Å². The van der Waals surface area contributed by atoms with Gasteiger partial charge in [-0.05, 0) is 31.5 Å². The first kappa shape index (κ1) is 17.5. The van der Waals surface area contributed by atoms with Crippen molar-refractivity contribution in [2.24, 2.45) is 0 Å². The molecule has 0 atom stereocenters. The van der Waals surface area contributed by atoms with E-state index >= 15 is 0 Å². The molecule has 4 rings (SSSR count). The predicted molar refractivity (Wildman–Crippen MR) is 103 cm³/mol. The Morgan fingerprint density at radius 1 is 1.11 bits per heavy atom. The van der Waals surface area contributed by atoms with E-state index < -0.39 is 0 Å². The molecule has 3 aromatic rings. The van der Waals surface area contributed by atoms with Gasteiger partial charge < -0.3 is 4.74 Å². The Kier molecular flexibility index (Phi) is 5.07. The van der Waals surface area contributed by atoms with Crippen molar-refractivity contribution >= 4 is 0 Å². The zero-order chi connectivity index (χ0) is 18.6. The molecule has 0 aromatic carbocycles. The number of hydrogen-bond donors (Lipinski definition) is 0. The normalized spacial score (nSPS) is 14.2. The van der Waals surface area contributed by atoms with Gasteiger partial charge >= 0.3 is 0 Å². The molecule has 0 spiro atoms. The average molecular weight is 361 g/mol. The summed E-state index contributed by atoms with van der Waals surface area (Å²) in [6.45, 7) is 6.69. The van der Waals surface area contributed by atoms with E-state index in [1.165, 1.54) is 11.1 Å². The highest BCUT2D eigenvalue weighted by Gasteiger charge is 2.19. The van der Waals surface area contributed by atoms with E-state index in [0.29, 0.717) is 5.88 Å². The summed E-state index contributed by atoms with van der Waals surface area (Å²) in [4.78, 5) is 20.2. The van der Waals surface area contributed by atoms with E-state index in [9.17, 15) is 0 Å². The number of aromatic nitrogens is 4. The lowest BCUT2D eigenvalue weighted by Gasteiger charge is -2.28. The highest BCUT2D eigenvalue weighted by Crippen LogP contribution is 2.22. The van der Waals surface area contributed by atoms with Crippen molar-refractivity contribution in [3.05, 3.63) is 65.9 Å². The Balaban J connectivity index is 1.43. The van der Waals surface area contributed by atoms with Gasteiger partial charge in [0.25, 0.3) is 0 Å². The molecule has 0 saturated carbocycles. The number of rotatable bonds is 5. The van der Waals surface area contributed by atoms with Crippen LogP contribution in [0.4, 0.5) is 0 Å². The van der Waals surface area contributed by atoms with Crippen LogP contribution in [0.25, 0.3) is 11.4 Å². The van der Waals surface area contributed by atoms with E-state index in [4.69, 9.17) is 9.72 Å². The van der Waals surface area contributed by atoms with Gasteiger partial charge in [-0.1, -0.05) is 6.07 Å². The van der Waals surface area contributed by atoms with Crippen LogP contribution in [0, 0.1) is 0 Å². The van der Waals surface area contributed by atoms with Gasteiger partial charge in [-0.3, -0.25) is 9.88 Å². The van der Waals surface area contributed by atoms with Gasteiger partial charge in [0.05, 0.1) is 11.8 Å². The third-order valence-corrected chi connectivity index (χ3v) is 4.49. The third kappa shape index (κ3) is 4.28. The van der Waals surface area contributed by atoms with Gasteiger partial charge in [0.15, 0.2) is 5.82 Å². The van der Waals surface area contributed by atoms with E-state index in [2.05, 4.69) is 25.9 Å². The molecular formula is C21H23N5O. The van der Waals surface area contributed by atoms with Gasteiger partial charge in [-0.2, -0.15) is 0 Å². The van der Waals surface area contributed by atoms with E-state index in [1.807, 2.05) is 44.4 Å². The summed E-state index contributed by atoms with van der Waals surface area (Å²) < 4.78 is 5.61. The fourth-order valence-corrected chi connectivity index (χ4v) is 3.22. The van der Waals surface area contributed by atoms with Crippen LogP contribution in [0.3, 0.4) is 0 Å². The SMILES string of the molecule is CC(C)Oc1ccc(CN2CCc3nc(-c4cccnc4)ncc3C2)cn1. The van der Waals surface area contributed by atoms with Gasteiger partial charge in [0.2, 0.25) is 5.88 Å². The molecule has 3 aromatic heterocycles. The highest BCUT2D eigenvalue weighted by atomic mass is 16.5. The molecular weight excluding hydrogens is 338 g/mol. The summed E-state index contributed by atoms with van der Waals surface area (Å²) in [6, 6.07) is 7.92. The monoisotopic (exact) mass is 361 g/mol. The van der Waals surface area contributed by atoms with Crippen molar-refractivity contribution in [3.8, 4) is 17.3 Å². The van der Waals surface area contributed by atoms with Crippen LogP contribution in [0.5, 0.6) is 5.88 Å². The molecule has 0 aliphatic carbocycles. The van der Waals surface area contributed by atoms with Crippen molar-refractivity contribution in [1.82, 2.24) is 24.8 Å². The van der Waals surface area contributed by atoms with Crippen molar-refractivity contribution in [3.63, 3.8) is 0 Å². The second kappa shape index (κ2) is 7.80. The van der Waals surface area contributed by atoms with Crippen molar-refractivity contribution in [2.75, 3.05) is 6.54 Å². The molecule has 0 unspecified atom stereocenters. The Labute approximate surface area is 159 Å². The van der Waals surface area contributed by atoms with Crippen LogP contribution in [-0.2, 0) is 19.5 Å². The number of ether oxygens (including phenoxy) is 1. The quantitative estimate of drug-likeness (QED) is 0.695. The molecule has 1 aliphatic rings. The molecule has 0 fully saturated rings. The standard InChI is InChI=1S/C21H23N5O/c1-15(2)27-20-6-5-16(10-23-20)13-26-9-7-19-18(14-26)12-24-21(25-19)17-4-3-8-22-11-17/h3-6,8,10-12,15H,7,9,13-14H2,1-2H3. The molecule has 6 nitrogen and oxygen atoms in total. The molecule has 0 bridgehead atoms. The van der Waals surface area contributed by atoms with Crippen LogP contribution in [0.2, 0.25) is 0 Å². The minimum atomic E-state index is 0.138. The Morgan fingerprint density at radius 2 is 2.04 bits per heavy atom. The van der Waals surface area contributed by atoms with Gasteiger partial charge in [0, 0.05) is 68.0 Å². The van der Waals surface area contributed by atoms with Crippen LogP contribution in [0.15, 0.2) is 49.1 Å². The van der Waals surface area contributed by atoms with Crippen molar-refractivity contribution < 1.29 is 4.74 Å². The zero-order valence-electron chi connectivity index (χ0n) is 15.7. The smallest absolute Gasteiger partial charge is 0.213 e. The Bertz CT molecular complexity index is 896. The number of hydrogen-bond acceptors (Lipinski definition) is 6. The first-order chi connectivity index (χ1) is 13.2. The van der Waals surface area contributed by atoms with Crippen LogP contribution >= 0.6 is 0 Å². The minimum Gasteiger partial charge on any atom is -0.475 e. The summed E-state index contributed by atoms with van der Waals surface area (Å²) in [5.41, 5.74) is 4.47. The number of fused-ring (bicyclic) bond motifs is 1. The van der Waals surface area contributed by atoms with Gasteiger partial charge in [-0.25, -0.2) is 15.0 Å². The second-order valence-corrected chi connectivity index (χ2v) is 7.04. The van der Waals surface area contributed by atoms with Crippen LogP contribution < -0.4 is 4.74 Å².